The third-order valence-corrected chi connectivity index (χ3v) is 3.30. The van der Waals surface area contributed by atoms with Crippen LogP contribution in [-0.2, 0) is 13.0 Å². The smallest absolute Gasteiger partial charge is 0.0205 e. The molecule has 0 bridgehead atoms. The Hall–Kier alpha value is -0.860. The maximum absolute atomic E-state index is 3.53. The SMILES string of the molecule is CCc1ccc(CNCCCNC2CC2)cc1. The fraction of sp³-hybridized carbons (Fsp3) is 0.600. The predicted octanol–water partition coefficient (Wildman–Crippen LogP) is 2.48. The van der Waals surface area contributed by atoms with Gasteiger partial charge in [-0.05, 0) is 49.9 Å². The minimum absolute atomic E-state index is 0.844. The van der Waals surface area contributed by atoms with Crippen LogP contribution in [-0.4, -0.2) is 19.1 Å². The van der Waals surface area contributed by atoms with Crippen LogP contribution in [0, 0.1) is 0 Å². The Morgan fingerprint density at radius 3 is 2.41 bits per heavy atom. The summed E-state index contributed by atoms with van der Waals surface area (Å²) >= 11 is 0. The summed E-state index contributed by atoms with van der Waals surface area (Å²) in [5.74, 6) is 0. The van der Waals surface area contributed by atoms with Crippen molar-refractivity contribution in [3.63, 3.8) is 0 Å². The predicted molar refractivity (Wildman–Crippen MR) is 73.2 cm³/mol. The fourth-order valence-electron chi connectivity index (χ4n) is 1.93. The van der Waals surface area contributed by atoms with Crippen molar-refractivity contribution >= 4 is 0 Å². The molecule has 0 unspecified atom stereocenters. The second-order valence-electron chi connectivity index (χ2n) is 4.93. The van der Waals surface area contributed by atoms with E-state index >= 15 is 0 Å². The van der Waals surface area contributed by atoms with Crippen LogP contribution in [0.4, 0.5) is 0 Å². The molecule has 0 saturated heterocycles. The van der Waals surface area contributed by atoms with Gasteiger partial charge in [0.2, 0.25) is 0 Å². The van der Waals surface area contributed by atoms with Crippen molar-refractivity contribution in [3.05, 3.63) is 35.4 Å². The molecule has 0 aliphatic heterocycles. The third-order valence-electron chi connectivity index (χ3n) is 3.30. The van der Waals surface area contributed by atoms with Gasteiger partial charge in [-0.1, -0.05) is 31.2 Å². The van der Waals surface area contributed by atoms with Crippen LogP contribution in [0.5, 0.6) is 0 Å². The van der Waals surface area contributed by atoms with Gasteiger partial charge >= 0.3 is 0 Å². The van der Waals surface area contributed by atoms with E-state index in [1.54, 1.807) is 0 Å². The van der Waals surface area contributed by atoms with Crippen molar-refractivity contribution in [2.24, 2.45) is 0 Å². The second kappa shape index (κ2) is 6.77. The fourth-order valence-corrected chi connectivity index (χ4v) is 1.93. The molecular formula is C15H24N2. The Kier molecular flexibility index (Phi) is 5.02. The molecule has 2 nitrogen and oxygen atoms in total. The van der Waals surface area contributed by atoms with Crippen LogP contribution in [0.3, 0.4) is 0 Å². The van der Waals surface area contributed by atoms with E-state index < -0.39 is 0 Å². The van der Waals surface area contributed by atoms with E-state index in [-0.39, 0.29) is 0 Å². The van der Waals surface area contributed by atoms with Crippen molar-refractivity contribution in [1.29, 1.82) is 0 Å². The number of aryl methyl sites for hydroxylation is 1. The van der Waals surface area contributed by atoms with Gasteiger partial charge < -0.3 is 10.6 Å². The van der Waals surface area contributed by atoms with Crippen molar-refractivity contribution in [3.8, 4) is 0 Å². The topological polar surface area (TPSA) is 24.1 Å². The van der Waals surface area contributed by atoms with Gasteiger partial charge in [0, 0.05) is 12.6 Å². The molecule has 2 N–H and O–H groups in total. The van der Waals surface area contributed by atoms with Gasteiger partial charge in [-0.25, -0.2) is 0 Å². The minimum atomic E-state index is 0.844. The summed E-state index contributed by atoms with van der Waals surface area (Å²) in [7, 11) is 0. The number of rotatable bonds is 8. The average molecular weight is 232 g/mol. The largest absolute Gasteiger partial charge is 0.314 e. The first kappa shape index (κ1) is 12.6. The van der Waals surface area contributed by atoms with E-state index in [1.165, 1.54) is 30.4 Å². The van der Waals surface area contributed by atoms with Crippen LogP contribution in [0.15, 0.2) is 24.3 Å². The highest BCUT2D eigenvalue weighted by Gasteiger charge is 2.19. The Balaban J connectivity index is 1.53. The molecule has 1 fully saturated rings. The summed E-state index contributed by atoms with van der Waals surface area (Å²) in [6.07, 6.45) is 5.12. The van der Waals surface area contributed by atoms with E-state index in [0.717, 1.165) is 32.1 Å². The summed E-state index contributed by atoms with van der Waals surface area (Å²) < 4.78 is 0. The molecule has 0 radical (unpaired) electrons. The summed E-state index contributed by atoms with van der Waals surface area (Å²) in [4.78, 5) is 0. The lowest BCUT2D eigenvalue weighted by Crippen LogP contribution is -2.23. The highest BCUT2D eigenvalue weighted by molar-refractivity contribution is 5.22. The monoisotopic (exact) mass is 232 g/mol. The lowest BCUT2D eigenvalue weighted by Gasteiger charge is -2.06. The highest BCUT2D eigenvalue weighted by Crippen LogP contribution is 2.18. The Morgan fingerprint density at radius 2 is 1.76 bits per heavy atom. The van der Waals surface area contributed by atoms with E-state index in [4.69, 9.17) is 0 Å². The van der Waals surface area contributed by atoms with Crippen molar-refractivity contribution in [2.45, 2.75) is 45.2 Å². The molecule has 1 aromatic rings. The summed E-state index contributed by atoms with van der Waals surface area (Å²) in [6.45, 7) is 5.45. The van der Waals surface area contributed by atoms with Gasteiger partial charge in [0.05, 0.1) is 0 Å². The van der Waals surface area contributed by atoms with E-state index in [0.29, 0.717) is 0 Å². The van der Waals surface area contributed by atoms with Gasteiger partial charge in [0.15, 0.2) is 0 Å². The van der Waals surface area contributed by atoms with Crippen molar-refractivity contribution < 1.29 is 0 Å². The molecule has 0 spiro atoms. The number of hydrogen-bond donors (Lipinski definition) is 2. The molecule has 2 heteroatoms. The molecule has 1 aliphatic carbocycles. The van der Waals surface area contributed by atoms with Gasteiger partial charge in [-0.3, -0.25) is 0 Å². The number of nitrogens with one attached hydrogen (secondary N) is 2. The molecule has 1 saturated carbocycles. The molecule has 1 aliphatic rings. The lowest BCUT2D eigenvalue weighted by atomic mass is 10.1. The zero-order valence-electron chi connectivity index (χ0n) is 10.8. The molecule has 94 valence electrons. The maximum atomic E-state index is 3.53. The Morgan fingerprint density at radius 1 is 1.06 bits per heavy atom. The quantitative estimate of drug-likeness (QED) is 0.673. The average Bonchev–Trinajstić information content (AvgIpc) is 3.18. The Labute approximate surface area is 105 Å². The zero-order chi connectivity index (χ0) is 11.9. The number of benzene rings is 1. The van der Waals surface area contributed by atoms with Gasteiger partial charge in [0.1, 0.15) is 0 Å². The summed E-state index contributed by atoms with van der Waals surface area (Å²) in [6, 6.07) is 9.76. The van der Waals surface area contributed by atoms with Crippen LogP contribution < -0.4 is 10.6 Å². The summed E-state index contributed by atoms with van der Waals surface area (Å²) in [5.41, 5.74) is 2.81. The van der Waals surface area contributed by atoms with Gasteiger partial charge in [-0.15, -0.1) is 0 Å². The second-order valence-corrected chi connectivity index (χ2v) is 4.93. The number of hydrogen-bond acceptors (Lipinski definition) is 2. The van der Waals surface area contributed by atoms with Crippen molar-refractivity contribution in [1.82, 2.24) is 10.6 Å². The van der Waals surface area contributed by atoms with Crippen molar-refractivity contribution in [2.75, 3.05) is 13.1 Å². The molecule has 0 heterocycles. The normalized spacial score (nSPS) is 15.1. The van der Waals surface area contributed by atoms with Gasteiger partial charge in [0.25, 0.3) is 0 Å². The van der Waals surface area contributed by atoms with Crippen LogP contribution in [0.25, 0.3) is 0 Å². The first-order chi connectivity index (χ1) is 8.38. The highest BCUT2D eigenvalue weighted by atomic mass is 14.9. The molecule has 2 rings (SSSR count). The Bertz CT molecular complexity index is 314. The summed E-state index contributed by atoms with van der Waals surface area (Å²) in [5, 5.41) is 7.02. The van der Waals surface area contributed by atoms with Gasteiger partial charge in [-0.2, -0.15) is 0 Å². The molecule has 17 heavy (non-hydrogen) atoms. The molecule has 0 aromatic heterocycles. The van der Waals surface area contributed by atoms with E-state index in [9.17, 15) is 0 Å². The lowest BCUT2D eigenvalue weighted by molar-refractivity contribution is 0.593. The third kappa shape index (κ3) is 4.88. The molecule has 0 atom stereocenters. The maximum Gasteiger partial charge on any atom is 0.0205 e. The van der Waals surface area contributed by atoms with E-state index in [2.05, 4.69) is 41.8 Å². The molecule has 1 aromatic carbocycles. The molecular weight excluding hydrogens is 208 g/mol. The van der Waals surface area contributed by atoms with Crippen LogP contribution >= 0.6 is 0 Å². The molecule has 0 amide bonds. The standard InChI is InChI=1S/C15H24N2/c1-2-13-4-6-14(7-5-13)12-16-10-3-11-17-15-8-9-15/h4-7,15-17H,2-3,8-12H2,1H3. The van der Waals surface area contributed by atoms with Crippen LogP contribution in [0.1, 0.15) is 37.3 Å². The first-order valence-electron chi connectivity index (χ1n) is 6.90. The minimum Gasteiger partial charge on any atom is -0.314 e. The first-order valence-corrected chi connectivity index (χ1v) is 6.90. The van der Waals surface area contributed by atoms with Crippen LogP contribution in [0.2, 0.25) is 0 Å². The zero-order valence-corrected chi connectivity index (χ0v) is 10.8. The van der Waals surface area contributed by atoms with E-state index in [1.807, 2.05) is 0 Å².